The molecule has 2 N–H and O–H groups in total. The average molecular weight is 310 g/mol. The zero-order valence-corrected chi connectivity index (χ0v) is 14.2. The van der Waals surface area contributed by atoms with Gasteiger partial charge in [-0.25, -0.2) is 0 Å². The Morgan fingerprint density at radius 2 is 2.10 bits per heavy atom. The molecule has 21 heavy (non-hydrogen) atoms. The van der Waals surface area contributed by atoms with Crippen LogP contribution >= 0.6 is 11.6 Å². The Bertz CT molecular complexity index is 451. The molecule has 0 radical (unpaired) electrons. The second kappa shape index (κ2) is 7.59. The molecular formula is C17H28ClN3. The van der Waals surface area contributed by atoms with Crippen molar-refractivity contribution in [1.29, 1.82) is 0 Å². The van der Waals surface area contributed by atoms with E-state index in [1.54, 1.807) is 0 Å². The van der Waals surface area contributed by atoms with E-state index in [4.69, 9.17) is 17.3 Å². The molecule has 1 aromatic rings. The molecule has 1 aliphatic rings. The quantitative estimate of drug-likeness (QED) is 0.907. The summed E-state index contributed by atoms with van der Waals surface area (Å²) in [4.78, 5) is 5.07. The largest absolute Gasteiger partial charge is 0.326 e. The minimum Gasteiger partial charge on any atom is -0.326 e. The van der Waals surface area contributed by atoms with Gasteiger partial charge in [-0.05, 0) is 37.6 Å². The van der Waals surface area contributed by atoms with E-state index in [9.17, 15) is 0 Å². The van der Waals surface area contributed by atoms with Crippen molar-refractivity contribution in [3.8, 4) is 0 Å². The van der Waals surface area contributed by atoms with Crippen LogP contribution in [0.3, 0.4) is 0 Å². The van der Waals surface area contributed by atoms with Crippen LogP contribution in [-0.4, -0.2) is 48.1 Å². The van der Waals surface area contributed by atoms with E-state index in [1.165, 1.54) is 5.56 Å². The van der Waals surface area contributed by atoms with Gasteiger partial charge in [0.1, 0.15) is 0 Å². The van der Waals surface area contributed by atoms with Gasteiger partial charge < -0.3 is 5.73 Å². The molecular weight excluding hydrogens is 282 g/mol. The highest BCUT2D eigenvalue weighted by atomic mass is 35.5. The molecule has 0 aromatic heterocycles. The summed E-state index contributed by atoms with van der Waals surface area (Å²) in [5, 5.41) is 0.793. The lowest BCUT2D eigenvalue weighted by Crippen LogP contribution is -2.55. The van der Waals surface area contributed by atoms with Crippen LogP contribution in [0.4, 0.5) is 0 Å². The summed E-state index contributed by atoms with van der Waals surface area (Å²) >= 11 is 6.18. The van der Waals surface area contributed by atoms with E-state index in [1.807, 2.05) is 12.1 Å². The first-order chi connectivity index (χ1) is 10.1. The lowest BCUT2D eigenvalue weighted by atomic mass is 9.95. The van der Waals surface area contributed by atoms with Crippen LogP contribution < -0.4 is 5.73 Å². The molecule has 0 bridgehead atoms. The van der Waals surface area contributed by atoms with Gasteiger partial charge in [-0.3, -0.25) is 9.80 Å². The van der Waals surface area contributed by atoms with Crippen LogP contribution in [0, 0.1) is 0 Å². The van der Waals surface area contributed by atoms with Gasteiger partial charge in [0.25, 0.3) is 0 Å². The number of hydrogen-bond acceptors (Lipinski definition) is 3. The number of halogens is 1. The smallest absolute Gasteiger partial charge is 0.0500 e. The highest BCUT2D eigenvalue weighted by Gasteiger charge is 2.31. The van der Waals surface area contributed by atoms with Gasteiger partial charge in [-0.1, -0.05) is 37.6 Å². The molecule has 1 aromatic carbocycles. The first-order valence-corrected chi connectivity index (χ1v) is 8.43. The number of rotatable bonds is 5. The predicted molar refractivity (Wildman–Crippen MR) is 90.7 cm³/mol. The number of likely N-dealkylation sites (N-methyl/N-ethyl adjacent to an activating group) is 1. The first kappa shape index (κ1) is 16.8. The van der Waals surface area contributed by atoms with Crippen molar-refractivity contribution in [3.05, 3.63) is 34.9 Å². The number of benzene rings is 1. The lowest BCUT2D eigenvalue weighted by Gasteiger charge is -2.44. The second-order valence-corrected chi connectivity index (χ2v) is 6.48. The standard InChI is InChI=1S/C17H28ClN3/c1-4-16(19)17(14-7-6-8-15(18)11-14)21-10-9-20(5-2)13(3)12-21/h6-8,11,13,16-17H,4-5,9-10,12,19H2,1-3H3. The number of nitrogens with zero attached hydrogens (tertiary/aromatic N) is 2. The zero-order valence-electron chi connectivity index (χ0n) is 13.4. The maximum Gasteiger partial charge on any atom is 0.0500 e. The number of nitrogens with two attached hydrogens (primary N) is 1. The Balaban J connectivity index is 2.21. The lowest BCUT2D eigenvalue weighted by molar-refractivity contribution is 0.0493. The minimum absolute atomic E-state index is 0.142. The van der Waals surface area contributed by atoms with Gasteiger partial charge in [0.2, 0.25) is 0 Å². The molecule has 0 aliphatic carbocycles. The average Bonchev–Trinajstić information content (AvgIpc) is 2.47. The van der Waals surface area contributed by atoms with E-state index < -0.39 is 0 Å². The van der Waals surface area contributed by atoms with Crippen LogP contribution in [0.15, 0.2) is 24.3 Å². The Hall–Kier alpha value is -0.610. The van der Waals surface area contributed by atoms with Crippen LogP contribution in [0.25, 0.3) is 0 Å². The predicted octanol–water partition coefficient (Wildman–Crippen LogP) is 3.14. The molecule has 1 heterocycles. The summed E-state index contributed by atoms with van der Waals surface area (Å²) in [6.07, 6.45) is 0.972. The van der Waals surface area contributed by atoms with Gasteiger partial charge in [-0.2, -0.15) is 0 Å². The fourth-order valence-electron chi connectivity index (χ4n) is 3.39. The SMILES string of the molecule is CCC(N)C(c1cccc(Cl)c1)N1CCN(CC)C(C)C1. The van der Waals surface area contributed by atoms with Crippen molar-refractivity contribution in [2.24, 2.45) is 5.73 Å². The van der Waals surface area contributed by atoms with E-state index in [0.29, 0.717) is 6.04 Å². The van der Waals surface area contributed by atoms with Gasteiger partial charge in [0.15, 0.2) is 0 Å². The maximum atomic E-state index is 6.44. The highest BCUT2D eigenvalue weighted by molar-refractivity contribution is 6.30. The third-order valence-corrected chi connectivity index (χ3v) is 4.90. The summed E-state index contributed by atoms with van der Waals surface area (Å²) in [5.41, 5.74) is 7.69. The van der Waals surface area contributed by atoms with Crippen molar-refractivity contribution in [2.75, 3.05) is 26.2 Å². The molecule has 1 fully saturated rings. The zero-order chi connectivity index (χ0) is 15.4. The fourth-order valence-corrected chi connectivity index (χ4v) is 3.59. The van der Waals surface area contributed by atoms with Crippen LogP contribution in [-0.2, 0) is 0 Å². The molecule has 2 rings (SSSR count). The second-order valence-electron chi connectivity index (χ2n) is 6.04. The summed E-state index contributed by atoms with van der Waals surface area (Å²) < 4.78 is 0. The molecule has 3 nitrogen and oxygen atoms in total. The number of piperazine rings is 1. The normalized spacial score (nSPS) is 24.0. The van der Waals surface area contributed by atoms with Crippen molar-refractivity contribution >= 4 is 11.6 Å². The summed E-state index contributed by atoms with van der Waals surface area (Å²) in [6.45, 7) is 11.1. The van der Waals surface area contributed by atoms with Gasteiger partial charge in [-0.15, -0.1) is 0 Å². The summed E-state index contributed by atoms with van der Waals surface area (Å²) in [6, 6.07) is 9.16. The summed E-state index contributed by atoms with van der Waals surface area (Å²) in [5.74, 6) is 0. The number of hydrogen-bond donors (Lipinski definition) is 1. The molecule has 3 atom stereocenters. The van der Waals surface area contributed by atoms with Gasteiger partial charge >= 0.3 is 0 Å². The monoisotopic (exact) mass is 309 g/mol. The molecule has 0 amide bonds. The maximum absolute atomic E-state index is 6.44. The third kappa shape index (κ3) is 3.98. The first-order valence-electron chi connectivity index (χ1n) is 8.06. The highest BCUT2D eigenvalue weighted by Crippen LogP contribution is 2.29. The van der Waals surface area contributed by atoms with Crippen LogP contribution in [0.5, 0.6) is 0 Å². The molecule has 118 valence electrons. The summed E-state index contributed by atoms with van der Waals surface area (Å²) in [7, 11) is 0. The van der Waals surface area contributed by atoms with Gasteiger partial charge in [0, 0.05) is 36.7 Å². The Kier molecular flexibility index (Phi) is 6.06. The third-order valence-electron chi connectivity index (χ3n) is 4.66. The molecule has 1 aliphatic heterocycles. The van der Waals surface area contributed by atoms with Crippen LogP contribution in [0.2, 0.25) is 5.02 Å². The van der Waals surface area contributed by atoms with Crippen molar-refractivity contribution in [2.45, 2.75) is 45.3 Å². The molecule has 0 spiro atoms. The Labute approximate surface area is 134 Å². The van der Waals surface area contributed by atoms with Crippen molar-refractivity contribution in [1.82, 2.24) is 9.80 Å². The molecule has 1 saturated heterocycles. The topological polar surface area (TPSA) is 32.5 Å². The van der Waals surface area contributed by atoms with Crippen molar-refractivity contribution < 1.29 is 0 Å². The Morgan fingerprint density at radius 3 is 2.67 bits per heavy atom. The molecule has 0 saturated carbocycles. The van der Waals surface area contributed by atoms with Gasteiger partial charge in [0.05, 0.1) is 6.04 Å². The van der Waals surface area contributed by atoms with E-state index >= 15 is 0 Å². The Morgan fingerprint density at radius 1 is 1.33 bits per heavy atom. The molecule has 4 heteroatoms. The van der Waals surface area contributed by atoms with E-state index in [0.717, 1.165) is 37.6 Å². The van der Waals surface area contributed by atoms with E-state index in [2.05, 4.69) is 42.7 Å². The fraction of sp³-hybridized carbons (Fsp3) is 0.647. The minimum atomic E-state index is 0.142. The molecule has 3 unspecified atom stereocenters. The van der Waals surface area contributed by atoms with Crippen molar-refractivity contribution in [3.63, 3.8) is 0 Å². The van der Waals surface area contributed by atoms with E-state index in [-0.39, 0.29) is 12.1 Å². The van der Waals surface area contributed by atoms with Crippen LogP contribution in [0.1, 0.15) is 38.8 Å².